The molecule has 1 aliphatic rings. The van der Waals surface area contributed by atoms with Crippen LogP contribution in [0.3, 0.4) is 0 Å². The van der Waals surface area contributed by atoms with Gasteiger partial charge in [0.05, 0.1) is 0 Å². The van der Waals surface area contributed by atoms with E-state index in [9.17, 15) is 9.59 Å². The highest BCUT2D eigenvalue weighted by molar-refractivity contribution is 5.40. The van der Waals surface area contributed by atoms with Crippen LogP contribution in [-0.4, -0.2) is 17.8 Å². The zero-order valence-corrected chi connectivity index (χ0v) is 10.3. The second kappa shape index (κ2) is 3.97. The van der Waals surface area contributed by atoms with Crippen molar-refractivity contribution in [2.75, 3.05) is 0 Å². The molecule has 88 valence electrons. The lowest BCUT2D eigenvalue weighted by Crippen LogP contribution is -2.53. The number of nitrogens with zero attached hydrogens (tertiary/aromatic N) is 2. The summed E-state index contributed by atoms with van der Waals surface area (Å²) in [5.41, 5.74) is -1.39. The highest BCUT2D eigenvalue weighted by Gasteiger charge is 2.56. The maximum Gasteiger partial charge on any atom is 0.237 e. The van der Waals surface area contributed by atoms with Gasteiger partial charge in [-0.3, -0.25) is 0 Å². The Kier molecular flexibility index (Phi) is 3.18. The van der Waals surface area contributed by atoms with Gasteiger partial charge in [0.1, 0.15) is 0 Å². The Morgan fingerprint density at radius 1 is 0.938 bits per heavy atom. The second-order valence-electron chi connectivity index (χ2n) is 5.59. The van der Waals surface area contributed by atoms with Crippen LogP contribution < -0.4 is 0 Å². The van der Waals surface area contributed by atoms with Crippen molar-refractivity contribution in [3.05, 3.63) is 0 Å². The zero-order chi connectivity index (χ0) is 12.4. The van der Waals surface area contributed by atoms with E-state index < -0.39 is 5.66 Å². The number of rotatable bonds is 2. The van der Waals surface area contributed by atoms with Crippen molar-refractivity contribution in [1.29, 1.82) is 0 Å². The fourth-order valence-corrected chi connectivity index (χ4v) is 2.51. The van der Waals surface area contributed by atoms with E-state index in [2.05, 4.69) is 23.8 Å². The quantitative estimate of drug-likeness (QED) is 0.532. The van der Waals surface area contributed by atoms with Crippen molar-refractivity contribution in [3.63, 3.8) is 0 Å². The number of hydrogen-bond donors (Lipinski definition) is 0. The molecule has 0 spiro atoms. The topological polar surface area (TPSA) is 58.9 Å². The monoisotopic (exact) mass is 222 g/mol. The number of isocyanates is 2. The van der Waals surface area contributed by atoms with Crippen LogP contribution in [0.2, 0.25) is 0 Å². The molecule has 16 heavy (non-hydrogen) atoms. The van der Waals surface area contributed by atoms with E-state index in [-0.39, 0.29) is 10.8 Å². The summed E-state index contributed by atoms with van der Waals surface area (Å²) in [6.45, 7) is 8.21. The number of carbonyl (C=O) groups excluding carboxylic acids is 2. The molecule has 0 aromatic carbocycles. The van der Waals surface area contributed by atoms with Crippen LogP contribution in [0.1, 0.15) is 47.0 Å². The van der Waals surface area contributed by atoms with Gasteiger partial charge in [-0.2, -0.15) is 9.98 Å². The molecule has 0 aromatic heterocycles. The van der Waals surface area contributed by atoms with Gasteiger partial charge >= 0.3 is 0 Å². The van der Waals surface area contributed by atoms with Crippen LogP contribution in [0.4, 0.5) is 0 Å². The van der Waals surface area contributed by atoms with Crippen LogP contribution in [0.25, 0.3) is 0 Å². The Bertz CT molecular complexity index is 354. The van der Waals surface area contributed by atoms with Crippen LogP contribution in [0.5, 0.6) is 0 Å². The Morgan fingerprint density at radius 2 is 1.44 bits per heavy atom. The molecule has 0 radical (unpaired) electrons. The fraction of sp³-hybridized carbons (Fsp3) is 0.833. The Labute approximate surface area is 95.9 Å². The van der Waals surface area contributed by atoms with Crippen LogP contribution in [-0.2, 0) is 9.59 Å². The van der Waals surface area contributed by atoms with E-state index >= 15 is 0 Å². The Hall–Kier alpha value is -1.24. The maximum atomic E-state index is 10.6. The van der Waals surface area contributed by atoms with E-state index in [1.54, 1.807) is 12.2 Å². The molecule has 0 unspecified atom stereocenters. The first-order valence-corrected chi connectivity index (χ1v) is 5.51. The van der Waals surface area contributed by atoms with Gasteiger partial charge in [0, 0.05) is 5.41 Å². The zero-order valence-electron chi connectivity index (χ0n) is 10.3. The first-order valence-electron chi connectivity index (χ1n) is 5.51. The number of hydrogen-bond acceptors (Lipinski definition) is 4. The minimum absolute atomic E-state index is 0.0358. The molecule has 4 heteroatoms. The molecular weight excluding hydrogens is 204 g/mol. The van der Waals surface area contributed by atoms with E-state index in [0.29, 0.717) is 6.42 Å². The van der Waals surface area contributed by atoms with E-state index in [1.165, 1.54) is 0 Å². The van der Waals surface area contributed by atoms with Crippen molar-refractivity contribution in [1.82, 2.24) is 0 Å². The highest BCUT2D eigenvalue weighted by Crippen LogP contribution is 2.57. The molecule has 0 N–H and O–H groups in total. The lowest BCUT2D eigenvalue weighted by Gasteiger charge is -2.53. The molecule has 0 bridgehead atoms. The Morgan fingerprint density at radius 3 is 1.88 bits per heavy atom. The molecule has 4 nitrogen and oxygen atoms in total. The molecule has 0 aromatic rings. The molecular formula is C12H18N2O2. The molecule has 0 atom stereocenters. The minimum atomic E-state index is -0.988. The average Bonchev–Trinajstić information content (AvgIpc) is 2.15. The van der Waals surface area contributed by atoms with Crippen LogP contribution in [0.15, 0.2) is 9.98 Å². The summed E-state index contributed by atoms with van der Waals surface area (Å²) in [6, 6.07) is 0. The smallest absolute Gasteiger partial charge is 0.211 e. The Balaban J connectivity index is 3.37. The van der Waals surface area contributed by atoms with E-state index in [1.807, 2.05) is 13.8 Å². The van der Waals surface area contributed by atoms with Gasteiger partial charge in [-0.25, -0.2) is 9.59 Å². The van der Waals surface area contributed by atoms with E-state index in [0.717, 1.165) is 12.8 Å². The first-order chi connectivity index (χ1) is 7.33. The third-order valence-corrected chi connectivity index (χ3v) is 4.48. The SMILES string of the molecule is CC1(C)CCCC(N=C=O)(N=C=O)C1(C)C. The van der Waals surface area contributed by atoms with Gasteiger partial charge in [-0.1, -0.05) is 27.7 Å². The van der Waals surface area contributed by atoms with Gasteiger partial charge in [0.2, 0.25) is 12.2 Å². The summed E-state index contributed by atoms with van der Waals surface area (Å²) in [7, 11) is 0. The summed E-state index contributed by atoms with van der Waals surface area (Å²) < 4.78 is 0. The molecule has 0 aliphatic heterocycles. The normalized spacial score (nSPS) is 31.0. The van der Waals surface area contributed by atoms with Crippen molar-refractivity contribution in [2.24, 2.45) is 20.8 Å². The predicted octanol–water partition coefficient (Wildman–Crippen LogP) is 2.59. The molecule has 0 heterocycles. The lowest BCUT2D eigenvalue weighted by molar-refractivity contribution is -0.0241. The van der Waals surface area contributed by atoms with Crippen LogP contribution in [0, 0.1) is 10.8 Å². The van der Waals surface area contributed by atoms with Gasteiger partial charge in [-0.15, -0.1) is 0 Å². The van der Waals surface area contributed by atoms with Crippen molar-refractivity contribution >= 4 is 12.2 Å². The van der Waals surface area contributed by atoms with Gasteiger partial charge in [0.15, 0.2) is 5.66 Å². The lowest BCUT2D eigenvalue weighted by atomic mass is 9.54. The highest BCUT2D eigenvalue weighted by atomic mass is 16.1. The summed E-state index contributed by atoms with van der Waals surface area (Å²) in [6.07, 6.45) is 5.65. The van der Waals surface area contributed by atoms with Gasteiger partial charge < -0.3 is 0 Å². The standard InChI is InChI=1S/C12H18N2O2/c1-10(2)6-5-7-12(13-8-15,14-9-16)11(10,3)4/h5-7H2,1-4H3. The van der Waals surface area contributed by atoms with Crippen molar-refractivity contribution in [2.45, 2.75) is 52.6 Å². The largest absolute Gasteiger partial charge is 0.237 e. The molecule has 0 saturated heterocycles. The summed E-state index contributed by atoms with van der Waals surface area (Å²) in [5, 5.41) is 0. The van der Waals surface area contributed by atoms with Crippen molar-refractivity contribution < 1.29 is 9.59 Å². The maximum absolute atomic E-state index is 10.6. The third kappa shape index (κ3) is 1.64. The average molecular weight is 222 g/mol. The molecule has 1 saturated carbocycles. The summed E-state index contributed by atoms with van der Waals surface area (Å²) in [4.78, 5) is 28.8. The molecule has 1 aliphatic carbocycles. The predicted molar refractivity (Wildman–Crippen MR) is 60.4 cm³/mol. The summed E-state index contributed by atoms with van der Waals surface area (Å²) in [5.74, 6) is 0. The fourth-order valence-electron chi connectivity index (χ4n) is 2.51. The third-order valence-electron chi connectivity index (χ3n) is 4.48. The molecule has 1 rings (SSSR count). The van der Waals surface area contributed by atoms with Crippen LogP contribution >= 0.6 is 0 Å². The summed E-state index contributed by atoms with van der Waals surface area (Å²) >= 11 is 0. The van der Waals surface area contributed by atoms with Crippen molar-refractivity contribution in [3.8, 4) is 0 Å². The van der Waals surface area contributed by atoms with E-state index in [4.69, 9.17) is 0 Å². The number of aliphatic imine (C=N–C) groups is 2. The second-order valence-corrected chi connectivity index (χ2v) is 5.59. The van der Waals surface area contributed by atoms with Gasteiger partial charge in [0.25, 0.3) is 0 Å². The first kappa shape index (κ1) is 12.8. The van der Waals surface area contributed by atoms with Gasteiger partial charge in [-0.05, 0) is 24.7 Å². The molecule has 0 amide bonds. The molecule has 1 fully saturated rings. The minimum Gasteiger partial charge on any atom is -0.211 e.